The van der Waals surface area contributed by atoms with Gasteiger partial charge in [-0.15, -0.1) is 0 Å². The highest BCUT2D eigenvalue weighted by molar-refractivity contribution is 6.30. The zero-order valence-corrected chi connectivity index (χ0v) is 14.0. The molecule has 2 rings (SSSR count). The Kier molecular flexibility index (Phi) is 5.38. The summed E-state index contributed by atoms with van der Waals surface area (Å²) in [6.07, 6.45) is 2.90. The van der Waals surface area contributed by atoms with Crippen LogP contribution in [0.5, 0.6) is 0 Å². The fourth-order valence-electron chi connectivity index (χ4n) is 2.47. The topological polar surface area (TPSA) is 81.4 Å². The number of hydrogen-bond acceptors (Lipinski definition) is 5. The van der Waals surface area contributed by atoms with Crippen LogP contribution in [-0.4, -0.2) is 33.8 Å². The van der Waals surface area contributed by atoms with Crippen LogP contribution in [0.1, 0.15) is 37.2 Å². The minimum atomic E-state index is -0.693. The van der Waals surface area contributed by atoms with E-state index >= 15 is 0 Å². The molecule has 0 aromatic carbocycles. The van der Waals surface area contributed by atoms with Crippen LogP contribution in [0.25, 0.3) is 10.9 Å². The summed E-state index contributed by atoms with van der Waals surface area (Å²) in [5.74, 6) is -0.613. The van der Waals surface area contributed by atoms with Crippen molar-refractivity contribution in [3.05, 3.63) is 39.4 Å². The molecule has 0 aliphatic rings. The number of nitrogens with zero attached hydrogens (tertiary/aromatic N) is 2. The summed E-state index contributed by atoms with van der Waals surface area (Å²) >= 11 is 5.89. The first-order chi connectivity index (χ1) is 10.9. The van der Waals surface area contributed by atoms with Crippen molar-refractivity contribution in [3.63, 3.8) is 0 Å². The highest BCUT2D eigenvalue weighted by atomic mass is 35.5. The second-order valence-electron chi connectivity index (χ2n) is 5.52. The van der Waals surface area contributed by atoms with Gasteiger partial charge in [-0.2, -0.15) is 0 Å². The lowest BCUT2D eigenvalue weighted by molar-refractivity contribution is 0.0523. The Labute approximate surface area is 138 Å². The second kappa shape index (κ2) is 7.10. The Morgan fingerprint density at radius 1 is 1.48 bits per heavy atom. The molecule has 0 amide bonds. The van der Waals surface area contributed by atoms with E-state index in [9.17, 15) is 14.7 Å². The van der Waals surface area contributed by atoms with Crippen LogP contribution in [0.3, 0.4) is 0 Å². The summed E-state index contributed by atoms with van der Waals surface area (Å²) in [4.78, 5) is 28.7. The first-order valence-electron chi connectivity index (χ1n) is 7.39. The molecule has 0 radical (unpaired) electrons. The fourth-order valence-corrected chi connectivity index (χ4v) is 2.63. The lowest BCUT2D eigenvalue weighted by Crippen LogP contribution is -2.26. The van der Waals surface area contributed by atoms with E-state index in [1.54, 1.807) is 11.5 Å². The van der Waals surface area contributed by atoms with Gasteiger partial charge in [0.25, 0.3) is 0 Å². The van der Waals surface area contributed by atoms with Gasteiger partial charge < -0.3 is 14.4 Å². The molecule has 124 valence electrons. The van der Waals surface area contributed by atoms with Gasteiger partial charge in [-0.05, 0) is 18.9 Å². The Bertz CT molecular complexity index is 785. The lowest BCUT2D eigenvalue weighted by Gasteiger charge is -2.24. The third-order valence-corrected chi connectivity index (χ3v) is 3.90. The summed E-state index contributed by atoms with van der Waals surface area (Å²) in [5.41, 5.74) is -0.0274. The zero-order valence-electron chi connectivity index (χ0n) is 13.2. The molecule has 6 nitrogen and oxygen atoms in total. The van der Waals surface area contributed by atoms with Crippen LogP contribution in [0, 0.1) is 5.92 Å². The SMILES string of the molecule is CCOC(=O)c1cn([C@H](CO)C(C)C)c2cnc(Cl)cc2c1=O. The molecule has 0 aliphatic carbocycles. The highest BCUT2D eigenvalue weighted by Gasteiger charge is 2.22. The third kappa shape index (κ3) is 3.38. The molecular formula is C16H19ClN2O4. The molecule has 2 aromatic heterocycles. The summed E-state index contributed by atoms with van der Waals surface area (Å²) in [6.45, 7) is 5.58. The smallest absolute Gasteiger partial charge is 0.343 e. The Balaban J connectivity index is 2.82. The lowest BCUT2D eigenvalue weighted by atomic mass is 10.0. The molecule has 7 heteroatoms. The van der Waals surface area contributed by atoms with Gasteiger partial charge in [-0.25, -0.2) is 9.78 Å². The van der Waals surface area contributed by atoms with Crippen LogP contribution in [0.2, 0.25) is 5.15 Å². The summed E-state index contributed by atoms with van der Waals surface area (Å²) < 4.78 is 6.64. The standard InChI is InChI=1S/C16H19ClN2O4/c1-4-23-16(22)11-7-19(13(8-20)9(2)3)12-6-18-14(17)5-10(12)15(11)21/h5-7,9,13,20H,4,8H2,1-3H3/t13-/m1/s1. The maximum Gasteiger partial charge on any atom is 0.343 e. The van der Waals surface area contributed by atoms with Gasteiger partial charge in [0.1, 0.15) is 10.7 Å². The normalized spacial score (nSPS) is 12.6. The molecule has 0 unspecified atom stereocenters. The predicted molar refractivity (Wildman–Crippen MR) is 87.9 cm³/mol. The molecule has 0 aliphatic heterocycles. The Morgan fingerprint density at radius 3 is 2.74 bits per heavy atom. The first-order valence-corrected chi connectivity index (χ1v) is 7.76. The Hall–Kier alpha value is -1.92. The van der Waals surface area contributed by atoms with E-state index < -0.39 is 11.4 Å². The fraction of sp³-hybridized carbons (Fsp3) is 0.438. The molecule has 1 atom stereocenters. The number of carbonyl (C=O) groups excluding carboxylic acids is 1. The number of aliphatic hydroxyl groups is 1. The van der Waals surface area contributed by atoms with Crippen molar-refractivity contribution in [2.45, 2.75) is 26.8 Å². The predicted octanol–water partition coefficient (Wildman–Crippen LogP) is 2.42. The van der Waals surface area contributed by atoms with Gasteiger partial charge >= 0.3 is 5.97 Å². The molecule has 0 saturated carbocycles. The number of esters is 1. The van der Waals surface area contributed by atoms with Crippen molar-refractivity contribution < 1.29 is 14.6 Å². The van der Waals surface area contributed by atoms with E-state index in [-0.39, 0.29) is 41.3 Å². The molecule has 0 bridgehead atoms. The number of carbonyl (C=O) groups is 1. The van der Waals surface area contributed by atoms with Gasteiger partial charge in [-0.3, -0.25) is 4.79 Å². The highest BCUT2D eigenvalue weighted by Crippen LogP contribution is 2.24. The summed E-state index contributed by atoms with van der Waals surface area (Å²) in [7, 11) is 0. The number of aromatic nitrogens is 2. The monoisotopic (exact) mass is 338 g/mol. The maximum atomic E-state index is 12.6. The third-order valence-electron chi connectivity index (χ3n) is 3.69. The van der Waals surface area contributed by atoms with Crippen LogP contribution in [0.15, 0.2) is 23.3 Å². The van der Waals surface area contributed by atoms with Gasteiger partial charge in [0.05, 0.1) is 36.4 Å². The molecule has 23 heavy (non-hydrogen) atoms. The van der Waals surface area contributed by atoms with E-state index in [4.69, 9.17) is 16.3 Å². The maximum absolute atomic E-state index is 12.6. The molecule has 0 saturated heterocycles. The second-order valence-corrected chi connectivity index (χ2v) is 5.91. The molecule has 1 N–H and O–H groups in total. The van der Waals surface area contributed by atoms with Crippen molar-refractivity contribution in [1.82, 2.24) is 9.55 Å². The van der Waals surface area contributed by atoms with Gasteiger partial charge in [0.2, 0.25) is 5.43 Å². The molecule has 2 heterocycles. The Morgan fingerprint density at radius 2 is 2.17 bits per heavy atom. The number of ether oxygens (including phenoxy) is 1. The summed E-state index contributed by atoms with van der Waals surface area (Å²) in [6, 6.07) is 1.11. The number of hydrogen-bond donors (Lipinski definition) is 1. The first kappa shape index (κ1) is 17.4. The van der Waals surface area contributed by atoms with E-state index in [2.05, 4.69) is 4.98 Å². The van der Waals surface area contributed by atoms with E-state index in [1.165, 1.54) is 18.5 Å². The number of pyridine rings is 2. The number of halogens is 1. The van der Waals surface area contributed by atoms with Crippen molar-refractivity contribution in [2.24, 2.45) is 5.92 Å². The summed E-state index contributed by atoms with van der Waals surface area (Å²) in [5, 5.41) is 10.1. The van der Waals surface area contributed by atoms with Gasteiger partial charge in [0.15, 0.2) is 0 Å². The number of aliphatic hydroxyl groups excluding tert-OH is 1. The minimum Gasteiger partial charge on any atom is -0.462 e. The number of fused-ring (bicyclic) bond motifs is 1. The van der Waals surface area contributed by atoms with E-state index in [0.717, 1.165) is 0 Å². The molecular weight excluding hydrogens is 320 g/mol. The van der Waals surface area contributed by atoms with E-state index in [0.29, 0.717) is 5.52 Å². The van der Waals surface area contributed by atoms with Gasteiger partial charge in [-0.1, -0.05) is 25.4 Å². The van der Waals surface area contributed by atoms with Crippen molar-refractivity contribution in [3.8, 4) is 0 Å². The van der Waals surface area contributed by atoms with Crippen molar-refractivity contribution in [1.29, 1.82) is 0 Å². The zero-order chi connectivity index (χ0) is 17.1. The van der Waals surface area contributed by atoms with Crippen molar-refractivity contribution in [2.75, 3.05) is 13.2 Å². The minimum absolute atomic E-state index is 0.0800. The van der Waals surface area contributed by atoms with E-state index in [1.807, 2.05) is 13.8 Å². The van der Waals surface area contributed by atoms with Crippen LogP contribution < -0.4 is 5.43 Å². The van der Waals surface area contributed by atoms with Crippen LogP contribution in [-0.2, 0) is 4.74 Å². The molecule has 0 fully saturated rings. The van der Waals surface area contributed by atoms with Gasteiger partial charge in [0, 0.05) is 6.20 Å². The number of rotatable bonds is 5. The quantitative estimate of drug-likeness (QED) is 0.668. The largest absolute Gasteiger partial charge is 0.462 e. The van der Waals surface area contributed by atoms with Crippen LogP contribution in [0.4, 0.5) is 0 Å². The molecule has 0 spiro atoms. The van der Waals surface area contributed by atoms with Crippen LogP contribution >= 0.6 is 11.6 Å². The average Bonchev–Trinajstić information content (AvgIpc) is 2.50. The van der Waals surface area contributed by atoms with Crippen molar-refractivity contribution >= 4 is 28.5 Å². The average molecular weight is 339 g/mol. The molecule has 2 aromatic rings.